The Balaban J connectivity index is 1.63. The second-order valence-corrected chi connectivity index (χ2v) is 4.42. The van der Waals surface area contributed by atoms with Gasteiger partial charge in [0.05, 0.1) is 11.1 Å². The molecule has 3 rings (SSSR count). The minimum Gasteiger partial charge on any atom is -0.331 e. The van der Waals surface area contributed by atoms with Crippen molar-refractivity contribution in [2.24, 2.45) is 0 Å². The molecule has 3 heterocycles. The van der Waals surface area contributed by atoms with Gasteiger partial charge in [-0.2, -0.15) is 0 Å². The Bertz CT molecular complexity index is 675. The van der Waals surface area contributed by atoms with E-state index in [0.717, 1.165) is 4.90 Å². The number of carbonyl (C=O) groups excluding carboxylic acids is 3. The maximum atomic E-state index is 12.1. The van der Waals surface area contributed by atoms with Gasteiger partial charge in [-0.15, -0.1) is 0 Å². The fourth-order valence-electron chi connectivity index (χ4n) is 2.08. The summed E-state index contributed by atoms with van der Waals surface area (Å²) in [6, 6.07) is 1.50. The largest absolute Gasteiger partial charge is 0.331 e. The van der Waals surface area contributed by atoms with E-state index in [1.165, 1.54) is 24.7 Å². The van der Waals surface area contributed by atoms with Gasteiger partial charge in [0, 0.05) is 37.8 Å². The molecule has 8 heteroatoms. The molecule has 0 bridgehead atoms. The predicted octanol–water partition coefficient (Wildman–Crippen LogP) is 0.430. The number of aromatic nitrogens is 3. The lowest BCUT2D eigenvalue weighted by Gasteiger charge is -2.12. The number of imidazole rings is 1. The third-order valence-electron chi connectivity index (χ3n) is 3.09. The average Bonchev–Trinajstić information content (AvgIpc) is 3.07. The summed E-state index contributed by atoms with van der Waals surface area (Å²) >= 11 is 0. The van der Waals surface area contributed by atoms with E-state index >= 15 is 0 Å². The van der Waals surface area contributed by atoms with Crippen molar-refractivity contribution >= 4 is 23.7 Å². The first-order valence-corrected chi connectivity index (χ1v) is 6.26. The Labute approximate surface area is 119 Å². The Morgan fingerprint density at radius 2 is 2.05 bits per heavy atom. The number of nitrogens with one attached hydrogen (secondary N) is 2. The summed E-state index contributed by atoms with van der Waals surface area (Å²) in [5, 5.41) is 2.53. The number of nitrogens with zero attached hydrogens (tertiary/aromatic N) is 3. The number of fused-ring (bicyclic) bond motifs is 1. The summed E-state index contributed by atoms with van der Waals surface area (Å²) in [7, 11) is 0. The zero-order valence-corrected chi connectivity index (χ0v) is 10.9. The van der Waals surface area contributed by atoms with E-state index in [9.17, 15) is 14.4 Å². The van der Waals surface area contributed by atoms with Crippen LogP contribution in [-0.4, -0.2) is 44.1 Å². The highest BCUT2D eigenvalue weighted by Crippen LogP contribution is 2.21. The number of pyridine rings is 1. The molecule has 0 saturated carbocycles. The number of anilines is 1. The van der Waals surface area contributed by atoms with Crippen molar-refractivity contribution in [3.8, 4) is 0 Å². The van der Waals surface area contributed by atoms with Crippen molar-refractivity contribution in [2.75, 3.05) is 11.9 Å². The Hall–Kier alpha value is -3.03. The van der Waals surface area contributed by atoms with Gasteiger partial charge in [0.2, 0.25) is 11.9 Å². The molecule has 1 aliphatic rings. The van der Waals surface area contributed by atoms with Crippen LogP contribution in [0, 0.1) is 0 Å². The van der Waals surface area contributed by atoms with Gasteiger partial charge >= 0.3 is 0 Å². The molecular weight excluding hydrogens is 274 g/mol. The van der Waals surface area contributed by atoms with E-state index in [4.69, 9.17) is 0 Å². The fraction of sp³-hybridized carbons (Fsp3) is 0.154. The van der Waals surface area contributed by atoms with Crippen LogP contribution in [0.2, 0.25) is 0 Å². The van der Waals surface area contributed by atoms with Crippen molar-refractivity contribution in [1.82, 2.24) is 19.9 Å². The second-order valence-electron chi connectivity index (χ2n) is 4.42. The quantitative estimate of drug-likeness (QED) is 0.792. The smallest absolute Gasteiger partial charge is 0.263 e. The monoisotopic (exact) mass is 285 g/mol. The molecule has 106 valence electrons. The third kappa shape index (κ3) is 2.38. The topological polar surface area (TPSA) is 108 Å². The molecule has 0 aliphatic carbocycles. The molecule has 2 aromatic rings. The minimum atomic E-state index is -0.422. The molecule has 21 heavy (non-hydrogen) atoms. The molecule has 3 amide bonds. The van der Waals surface area contributed by atoms with Gasteiger partial charge in [0.15, 0.2) is 0 Å². The molecule has 0 radical (unpaired) electrons. The molecule has 0 atom stereocenters. The zero-order valence-electron chi connectivity index (χ0n) is 10.9. The molecule has 2 aromatic heterocycles. The number of hydrogen-bond acceptors (Lipinski definition) is 5. The SMILES string of the molecule is O=C(CCN1C(=O)c2ccncc2C1=O)Nc1ncc[nH]1. The predicted molar refractivity (Wildman–Crippen MR) is 71.4 cm³/mol. The van der Waals surface area contributed by atoms with E-state index in [1.54, 1.807) is 6.20 Å². The lowest BCUT2D eigenvalue weighted by atomic mass is 10.2. The Morgan fingerprint density at radius 3 is 2.76 bits per heavy atom. The van der Waals surface area contributed by atoms with Gasteiger partial charge in [0.25, 0.3) is 11.8 Å². The minimum absolute atomic E-state index is 0.000400. The first-order valence-electron chi connectivity index (χ1n) is 6.26. The van der Waals surface area contributed by atoms with Gasteiger partial charge < -0.3 is 4.98 Å². The number of aromatic amines is 1. The van der Waals surface area contributed by atoms with Crippen LogP contribution in [0.4, 0.5) is 5.95 Å². The highest BCUT2D eigenvalue weighted by molar-refractivity contribution is 6.21. The number of carbonyl (C=O) groups is 3. The van der Waals surface area contributed by atoms with Gasteiger partial charge in [-0.05, 0) is 6.07 Å². The highest BCUT2D eigenvalue weighted by Gasteiger charge is 2.35. The van der Waals surface area contributed by atoms with E-state index < -0.39 is 11.8 Å². The number of H-pyrrole nitrogens is 1. The molecule has 2 N–H and O–H groups in total. The van der Waals surface area contributed by atoms with Gasteiger partial charge in [-0.3, -0.25) is 29.6 Å². The molecule has 0 unspecified atom stereocenters. The maximum Gasteiger partial charge on any atom is 0.263 e. The van der Waals surface area contributed by atoms with Crippen molar-refractivity contribution in [3.63, 3.8) is 0 Å². The van der Waals surface area contributed by atoms with Crippen molar-refractivity contribution in [2.45, 2.75) is 6.42 Å². The van der Waals surface area contributed by atoms with E-state index in [0.29, 0.717) is 11.5 Å². The van der Waals surface area contributed by atoms with Crippen LogP contribution in [0.25, 0.3) is 0 Å². The summed E-state index contributed by atoms with van der Waals surface area (Å²) in [4.78, 5) is 47.3. The van der Waals surface area contributed by atoms with Crippen LogP contribution in [0.3, 0.4) is 0 Å². The van der Waals surface area contributed by atoms with E-state index in [1.807, 2.05) is 0 Å². The zero-order chi connectivity index (χ0) is 14.8. The van der Waals surface area contributed by atoms with Gasteiger partial charge in [0.1, 0.15) is 0 Å². The van der Waals surface area contributed by atoms with Crippen molar-refractivity contribution < 1.29 is 14.4 Å². The standard InChI is InChI=1S/C13H11N5O3/c19-10(17-13-15-4-5-16-13)2-6-18-11(20)8-1-3-14-7-9(8)12(18)21/h1,3-5,7H,2,6H2,(H2,15,16,17,19). The molecule has 0 aromatic carbocycles. The molecular formula is C13H11N5O3. The molecule has 1 aliphatic heterocycles. The van der Waals surface area contributed by atoms with Crippen LogP contribution in [0.1, 0.15) is 27.1 Å². The molecule has 0 spiro atoms. The first kappa shape index (κ1) is 13.0. The molecule has 0 fully saturated rings. The lowest BCUT2D eigenvalue weighted by Crippen LogP contribution is -2.33. The van der Waals surface area contributed by atoms with Crippen LogP contribution >= 0.6 is 0 Å². The maximum absolute atomic E-state index is 12.1. The Kier molecular flexibility index (Phi) is 3.19. The summed E-state index contributed by atoms with van der Waals surface area (Å²) in [6.07, 6.45) is 5.90. The number of imide groups is 1. The summed E-state index contributed by atoms with van der Waals surface area (Å²) in [6.45, 7) is 0.0128. The van der Waals surface area contributed by atoms with Crippen LogP contribution in [-0.2, 0) is 4.79 Å². The van der Waals surface area contributed by atoms with Crippen LogP contribution in [0.5, 0.6) is 0 Å². The number of hydrogen-bond donors (Lipinski definition) is 2. The first-order chi connectivity index (χ1) is 10.2. The van der Waals surface area contributed by atoms with E-state index in [-0.39, 0.29) is 24.4 Å². The van der Waals surface area contributed by atoms with Gasteiger partial charge in [-0.25, -0.2) is 4.98 Å². The number of rotatable bonds is 4. The Morgan fingerprint density at radius 1 is 1.24 bits per heavy atom. The lowest BCUT2D eigenvalue weighted by molar-refractivity contribution is -0.116. The van der Waals surface area contributed by atoms with E-state index in [2.05, 4.69) is 20.3 Å². The summed E-state index contributed by atoms with van der Waals surface area (Å²) < 4.78 is 0. The second kappa shape index (κ2) is 5.16. The van der Waals surface area contributed by atoms with Crippen molar-refractivity contribution in [1.29, 1.82) is 0 Å². The molecule has 0 saturated heterocycles. The summed E-state index contributed by atoms with van der Waals surface area (Å²) in [5.74, 6) is -0.830. The molecule has 8 nitrogen and oxygen atoms in total. The summed E-state index contributed by atoms with van der Waals surface area (Å²) in [5.41, 5.74) is 0.593. The fourth-order valence-corrected chi connectivity index (χ4v) is 2.08. The number of amides is 3. The third-order valence-corrected chi connectivity index (χ3v) is 3.09. The van der Waals surface area contributed by atoms with Crippen LogP contribution in [0.15, 0.2) is 30.9 Å². The normalized spacial score (nSPS) is 13.4. The van der Waals surface area contributed by atoms with Crippen molar-refractivity contribution in [3.05, 3.63) is 42.0 Å². The average molecular weight is 285 g/mol. The van der Waals surface area contributed by atoms with Gasteiger partial charge in [-0.1, -0.05) is 0 Å². The van der Waals surface area contributed by atoms with Crippen LogP contribution < -0.4 is 5.32 Å². The highest BCUT2D eigenvalue weighted by atomic mass is 16.2.